The number of hydrogen-bond donors (Lipinski definition) is 0. The van der Waals surface area contributed by atoms with Gasteiger partial charge in [-0.05, 0) is 24.6 Å². The molecule has 0 aliphatic heterocycles. The van der Waals surface area contributed by atoms with E-state index in [9.17, 15) is 4.79 Å². The second kappa shape index (κ2) is 9.00. The highest BCUT2D eigenvalue weighted by molar-refractivity contribution is 6.30. The van der Waals surface area contributed by atoms with Gasteiger partial charge in [0.1, 0.15) is 5.69 Å². The molecular weight excluding hydrogens is 428 g/mol. The van der Waals surface area contributed by atoms with E-state index < -0.39 is 0 Å². The molecule has 0 radical (unpaired) electrons. The maximum Gasteiger partial charge on any atom is 0.250 e. The van der Waals surface area contributed by atoms with Crippen molar-refractivity contribution in [1.29, 1.82) is 0 Å². The van der Waals surface area contributed by atoms with Crippen molar-refractivity contribution in [2.45, 2.75) is 25.8 Å². The van der Waals surface area contributed by atoms with Crippen LogP contribution in [0.15, 0.2) is 58.0 Å². The fourth-order valence-electron chi connectivity index (χ4n) is 3.78. The molecule has 0 saturated heterocycles. The summed E-state index contributed by atoms with van der Waals surface area (Å²) in [5.74, 6) is 2.04. The number of nitrogens with zero attached hydrogens (tertiary/aromatic N) is 6. The van der Waals surface area contributed by atoms with Crippen LogP contribution in [-0.2, 0) is 14.1 Å². The summed E-state index contributed by atoms with van der Waals surface area (Å²) in [6.45, 7) is 2.13. The van der Waals surface area contributed by atoms with E-state index in [0.717, 1.165) is 29.7 Å². The van der Waals surface area contributed by atoms with Gasteiger partial charge < -0.3 is 14.0 Å². The van der Waals surface area contributed by atoms with Crippen molar-refractivity contribution in [1.82, 2.24) is 24.5 Å². The average Bonchev–Trinajstić information content (AvgIpc) is 3.41. The molecule has 0 saturated carbocycles. The van der Waals surface area contributed by atoms with Crippen molar-refractivity contribution in [3.8, 4) is 22.7 Å². The van der Waals surface area contributed by atoms with Gasteiger partial charge in [-0.3, -0.25) is 9.36 Å². The van der Waals surface area contributed by atoms with E-state index in [4.69, 9.17) is 16.1 Å². The molecule has 1 aromatic carbocycles. The Morgan fingerprint density at radius 2 is 1.94 bits per heavy atom. The second-order valence-corrected chi connectivity index (χ2v) is 8.23. The lowest BCUT2D eigenvalue weighted by atomic mass is 10.1. The highest BCUT2D eigenvalue weighted by Gasteiger charge is 2.25. The maximum absolute atomic E-state index is 11.7. The molecule has 0 spiro atoms. The van der Waals surface area contributed by atoms with Crippen molar-refractivity contribution >= 4 is 17.5 Å². The first-order valence-corrected chi connectivity index (χ1v) is 10.8. The quantitative estimate of drug-likeness (QED) is 0.411. The lowest BCUT2D eigenvalue weighted by molar-refractivity contribution is 0.410. The van der Waals surface area contributed by atoms with Crippen molar-refractivity contribution in [2.24, 2.45) is 14.1 Å². The largest absolute Gasteiger partial charge is 0.356 e. The Kier molecular flexibility index (Phi) is 6.14. The number of aryl methyl sites for hydroxylation is 1. The number of aromatic nitrogens is 5. The number of rotatable bonds is 7. The second-order valence-electron chi connectivity index (χ2n) is 7.79. The first-order valence-electron chi connectivity index (χ1n) is 10.4. The van der Waals surface area contributed by atoms with Crippen molar-refractivity contribution in [3.05, 3.63) is 69.7 Å². The minimum Gasteiger partial charge on any atom is -0.356 e. The minimum absolute atomic E-state index is 0.0486. The summed E-state index contributed by atoms with van der Waals surface area (Å²) in [5, 5.41) is 13.8. The van der Waals surface area contributed by atoms with Gasteiger partial charge in [0, 0.05) is 55.6 Å². The number of pyridine rings is 1. The van der Waals surface area contributed by atoms with Crippen LogP contribution in [0.25, 0.3) is 22.7 Å². The van der Waals surface area contributed by atoms with Crippen molar-refractivity contribution < 1.29 is 4.52 Å². The molecule has 0 fully saturated rings. The van der Waals surface area contributed by atoms with Gasteiger partial charge in [0.25, 0.3) is 0 Å². The molecule has 0 N–H and O–H groups in total. The smallest absolute Gasteiger partial charge is 0.250 e. The first-order chi connectivity index (χ1) is 15.4. The van der Waals surface area contributed by atoms with E-state index in [1.807, 2.05) is 49.0 Å². The van der Waals surface area contributed by atoms with Crippen LogP contribution in [0.1, 0.15) is 31.5 Å². The molecule has 166 valence electrons. The Bertz CT molecular complexity index is 1290. The normalized spacial score (nSPS) is 12.2. The van der Waals surface area contributed by atoms with E-state index in [1.165, 1.54) is 10.6 Å². The monoisotopic (exact) mass is 452 g/mol. The van der Waals surface area contributed by atoms with Crippen LogP contribution in [0, 0.1) is 0 Å². The van der Waals surface area contributed by atoms with Gasteiger partial charge >= 0.3 is 0 Å². The molecule has 0 bridgehead atoms. The predicted molar refractivity (Wildman–Crippen MR) is 125 cm³/mol. The van der Waals surface area contributed by atoms with Crippen molar-refractivity contribution in [3.63, 3.8) is 0 Å². The number of anilines is 1. The number of hydrogen-bond acceptors (Lipinski definition) is 6. The highest BCUT2D eigenvalue weighted by Crippen LogP contribution is 2.32. The summed E-state index contributed by atoms with van der Waals surface area (Å²) in [5.41, 5.74) is 2.44. The summed E-state index contributed by atoms with van der Waals surface area (Å²) in [6, 6.07) is 12.7. The van der Waals surface area contributed by atoms with E-state index >= 15 is 0 Å². The van der Waals surface area contributed by atoms with Gasteiger partial charge in [0.05, 0.1) is 6.04 Å². The average molecular weight is 453 g/mol. The number of benzene rings is 1. The zero-order chi connectivity index (χ0) is 22.8. The third-order valence-corrected chi connectivity index (χ3v) is 5.76. The van der Waals surface area contributed by atoms with Gasteiger partial charge in [-0.25, -0.2) is 0 Å². The fraction of sp³-hybridized carbons (Fsp3) is 0.304. The molecule has 0 amide bonds. The SMILES string of the molecule is CCC[C@H](c1cc(-c2cccc(Cl)c2)on1)N(C)c1nnc(-c2ccc(=O)n(C)c2)n1C. The molecular formula is C23H25ClN6O2. The van der Waals surface area contributed by atoms with Gasteiger partial charge in [-0.1, -0.05) is 42.2 Å². The molecule has 8 nitrogen and oxygen atoms in total. The summed E-state index contributed by atoms with van der Waals surface area (Å²) in [4.78, 5) is 13.8. The summed E-state index contributed by atoms with van der Waals surface area (Å²) < 4.78 is 9.08. The van der Waals surface area contributed by atoms with Gasteiger partial charge in [0.15, 0.2) is 11.6 Å². The van der Waals surface area contributed by atoms with E-state index in [2.05, 4.69) is 27.2 Å². The molecule has 3 aromatic heterocycles. The van der Waals surface area contributed by atoms with E-state index in [-0.39, 0.29) is 11.6 Å². The van der Waals surface area contributed by atoms with Crippen molar-refractivity contribution in [2.75, 3.05) is 11.9 Å². The summed E-state index contributed by atoms with van der Waals surface area (Å²) in [6.07, 6.45) is 3.58. The predicted octanol–water partition coefficient (Wildman–Crippen LogP) is 4.47. The van der Waals surface area contributed by atoms with Crippen LogP contribution < -0.4 is 10.5 Å². The van der Waals surface area contributed by atoms with Crippen LogP contribution in [-0.4, -0.2) is 31.5 Å². The molecule has 1 atom stereocenters. The van der Waals surface area contributed by atoms with Gasteiger partial charge in [-0.2, -0.15) is 0 Å². The molecule has 9 heteroatoms. The third kappa shape index (κ3) is 4.18. The van der Waals surface area contributed by atoms with Crippen LogP contribution in [0.4, 0.5) is 5.95 Å². The molecule has 0 unspecified atom stereocenters. The zero-order valence-corrected chi connectivity index (χ0v) is 19.2. The molecule has 4 rings (SSSR count). The molecule has 3 heterocycles. The summed E-state index contributed by atoms with van der Waals surface area (Å²) >= 11 is 6.13. The Morgan fingerprint density at radius 1 is 1.12 bits per heavy atom. The minimum atomic E-state index is -0.0715. The van der Waals surface area contributed by atoms with Crippen LogP contribution in [0.2, 0.25) is 5.02 Å². The molecule has 4 aromatic rings. The third-order valence-electron chi connectivity index (χ3n) is 5.52. The van der Waals surface area contributed by atoms with Gasteiger partial charge in [0.2, 0.25) is 11.5 Å². The fourth-order valence-corrected chi connectivity index (χ4v) is 3.97. The first kappa shape index (κ1) is 21.8. The van der Waals surface area contributed by atoms with Crippen LogP contribution in [0.5, 0.6) is 0 Å². The topological polar surface area (TPSA) is 82.0 Å². The van der Waals surface area contributed by atoms with Gasteiger partial charge in [-0.15, -0.1) is 10.2 Å². The Labute approximate surface area is 191 Å². The molecule has 32 heavy (non-hydrogen) atoms. The summed E-state index contributed by atoms with van der Waals surface area (Å²) in [7, 11) is 5.60. The van der Waals surface area contributed by atoms with E-state index in [1.54, 1.807) is 19.3 Å². The lowest BCUT2D eigenvalue weighted by Gasteiger charge is -2.26. The number of halogens is 1. The maximum atomic E-state index is 11.7. The lowest BCUT2D eigenvalue weighted by Crippen LogP contribution is -2.27. The van der Waals surface area contributed by atoms with Crippen LogP contribution in [0.3, 0.4) is 0 Å². The highest BCUT2D eigenvalue weighted by atomic mass is 35.5. The Morgan fingerprint density at radius 3 is 2.66 bits per heavy atom. The molecule has 0 aliphatic carbocycles. The van der Waals surface area contributed by atoms with E-state index in [0.29, 0.717) is 22.6 Å². The van der Waals surface area contributed by atoms with Crippen LogP contribution >= 0.6 is 11.6 Å². The Balaban J connectivity index is 1.66. The molecule has 0 aliphatic rings. The Hall–Kier alpha value is -3.39. The zero-order valence-electron chi connectivity index (χ0n) is 18.5. The standard InChI is InChI=1S/C23H25ClN6O2/c1-5-7-19(18-13-20(32-27-18)15-8-6-9-17(24)12-15)29(3)23-26-25-22(30(23)4)16-10-11-21(31)28(2)14-16/h6,8-14,19H,5,7H2,1-4H3/t19-/m1/s1.